The van der Waals surface area contributed by atoms with Crippen LogP contribution in [0.3, 0.4) is 0 Å². The summed E-state index contributed by atoms with van der Waals surface area (Å²) >= 11 is 7.11. The van der Waals surface area contributed by atoms with Gasteiger partial charge in [0.05, 0.1) is 10.4 Å². The smallest absolute Gasteiger partial charge is 0.235 e. The highest BCUT2D eigenvalue weighted by Gasteiger charge is 2.53. The Kier molecular flexibility index (Phi) is 3.93. The van der Waals surface area contributed by atoms with Crippen LogP contribution in [0.5, 0.6) is 0 Å². The Bertz CT molecular complexity index is 356. The average molecular weight is 286 g/mol. The van der Waals surface area contributed by atoms with E-state index in [0.717, 1.165) is 25.9 Å². The summed E-state index contributed by atoms with van der Waals surface area (Å²) in [5.74, 6) is 0.733. The van der Waals surface area contributed by atoms with Crippen LogP contribution in [0.15, 0.2) is 0 Å². The highest BCUT2D eigenvalue weighted by atomic mass is 32.2. The number of hydrogen-bond acceptors (Lipinski definition) is 3. The molecule has 2 rings (SSSR count). The van der Waals surface area contributed by atoms with Crippen molar-refractivity contribution in [3.63, 3.8) is 0 Å². The first kappa shape index (κ1) is 14.1. The van der Waals surface area contributed by atoms with Gasteiger partial charge in [0.1, 0.15) is 0 Å². The van der Waals surface area contributed by atoms with Gasteiger partial charge in [-0.1, -0.05) is 33.0 Å². The van der Waals surface area contributed by atoms with Gasteiger partial charge in [0.15, 0.2) is 0 Å². The molecule has 3 nitrogen and oxygen atoms in total. The summed E-state index contributed by atoms with van der Waals surface area (Å²) in [4.78, 5) is 15.1. The summed E-state index contributed by atoms with van der Waals surface area (Å²) in [5.41, 5.74) is 5.32. The van der Waals surface area contributed by atoms with E-state index in [2.05, 4.69) is 20.8 Å². The number of carbonyl (C=O) groups excluding carboxylic acids is 1. The van der Waals surface area contributed by atoms with Gasteiger partial charge in [-0.05, 0) is 18.8 Å². The van der Waals surface area contributed by atoms with Gasteiger partial charge in [-0.15, -0.1) is 0 Å². The number of thiocarbonyl (C=S) groups is 1. The van der Waals surface area contributed by atoms with Gasteiger partial charge in [0, 0.05) is 23.6 Å². The minimum absolute atomic E-state index is 0.173. The van der Waals surface area contributed by atoms with Crippen molar-refractivity contribution in [2.75, 3.05) is 13.1 Å². The number of nitrogens with zero attached hydrogens (tertiary/aromatic N) is 1. The molecule has 0 spiro atoms. The summed E-state index contributed by atoms with van der Waals surface area (Å²) < 4.78 is 0. The average Bonchev–Trinajstić information content (AvgIpc) is 2.21. The normalized spacial score (nSPS) is 40.2. The maximum atomic E-state index is 12.7. The fraction of sp³-hybridized carbons (Fsp3) is 0.846. The van der Waals surface area contributed by atoms with Crippen molar-refractivity contribution in [3.8, 4) is 0 Å². The largest absolute Gasteiger partial charge is 0.392 e. The van der Waals surface area contributed by atoms with Gasteiger partial charge in [0.25, 0.3) is 0 Å². The minimum atomic E-state index is -0.532. The SMILES string of the molecule is CC1CC(C(=O)N2CC(C)SC(C)C2)(C(N)=S)C1. The molecular weight excluding hydrogens is 264 g/mol. The molecule has 2 unspecified atom stereocenters. The molecular formula is C13H22N2OS2. The Labute approximate surface area is 119 Å². The van der Waals surface area contributed by atoms with E-state index in [-0.39, 0.29) is 5.91 Å². The molecule has 1 amide bonds. The first-order chi connectivity index (χ1) is 8.35. The second-order valence-corrected chi connectivity index (χ2v) is 8.25. The lowest BCUT2D eigenvalue weighted by molar-refractivity contribution is -0.144. The zero-order chi connectivity index (χ0) is 13.5. The number of thioether (sulfide) groups is 1. The molecule has 18 heavy (non-hydrogen) atoms. The third kappa shape index (κ3) is 2.39. The second-order valence-electron chi connectivity index (χ2n) is 5.93. The number of nitrogens with two attached hydrogens (primary N) is 1. The van der Waals surface area contributed by atoms with E-state index in [4.69, 9.17) is 18.0 Å². The van der Waals surface area contributed by atoms with Crippen LogP contribution in [0.4, 0.5) is 0 Å². The number of amides is 1. The Balaban J connectivity index is 2.12. The molecule has 0 radical (unpaired) electrons. The molecule has 1 saturated carbocycles. The molecule has 1 aliphatic heterocycles. The molecule has 0 bridgehead atoms. The molecule has 0 aromatic heterocycles. The summed E-state index contributed by atoms with van der Waals surface area (Å²) in [6, 6.07) is 0. The number of rotatable bonds is 2. The summed E-state index contributed by atoms with van der Waals surface area (Å²) in [6.45, 7) is 8.16. The van der Waals surface area contributed by atoms with Gasteiger partial charge in [-0.3, -0.25) is 4.79 Å². The monoisotopic (exact) mass is 286 g/mol. The van der Waals surface area contributed by atoms with E-state index in [0.29, 0.717) is 21.4 Å². The van der Waals surface area contributed by atoms with Crippen LogP contribution in [-0.2, 0) is 4.79 Å². The summed E-state index contributed by atoms with van der Waals surface area (Å²) in [6.07, 6.45) is 1.65. The van der Waals surface area contributed by atoms with Crippen molar-refractivity contribution < 1.29 is 4.79 Å². The van der Waals surface area contributed by atoms with Gasteiger partial charge in [0.2, 0.25) is 5.91 Å². The minimum Gasteiger partial charge on any atom is -0.392 e. The van der Waals surface area contributed by atoms with Crippen LogP contribution in [0, 0.1) is 11.3 Å². The van der Waals surface area contributed by atoms with Gasteiger partial charge < -0.3 is 10.6 Å². The summed E-state index contributed by atoms with van der Waals surface area (Å²) in [5, 5.41) is 0.997. The third-order valence-electron chi connectivity index (χ3n) is 3.98. The van der Waals surface area contributed by atoms with Crippen LogP contribution in [0.1, 0.15) is 33.6 Å². The molecule has 1 heterocycles. The van der Waals surface area contributed by atoms with Crippen LogP contribution in [-0.4, -0.2) is 39.4 Å². The van der Waals surface area contributed by atoms with E-state index in [1.807, 2.05) is 16.7 Å². The Hall–Kier alpha value is -0.290. The van der Waals surface area contributed by atoms with E-state index in [1.54, 1.807) is 0 Å². The lowest BCUT2D eigenvalue weighted by Crippen LogP contribution is -2.59. The molecule has 1 aliphatic carbocycles. The van der Waals surface area contributed by atoms with Gasteiger partial charge in [-0.2, -0.15) is 11.8 Å². The molecule has 2 aliphatic rings. The fourth-order valence-electron chi connectivity index (χ4n) is 3.26. The van der Waals surface area contributed by atoms with E-state index in [1.165, 1.54) is 0 Å². The van der Waals surface area contributed by atoms with E-state index >= 15 is 0 Å². The number of carbonyl (C=O) groups is 1. The quantitative estimate of drug-likeness (QED) is 0.789. The van der Waals surface area contributed by atoms with Crippen molar-refractivity contribution in [1.29, 1.82) is 0 Å². The fourth-order valence-corrected chi connectivity index (χ4v) is 4.84. The van der Waals surface area contributed by atoms with Gasteiger partial charge >= 0.3 is 0 Å². The predicted octanol–water partition coefficient (Wildman–Crippen LogP) is 2.04. The van der Waals surface area contributed by atoms with Crippen LogP contribution >= 0.6 is 24.0 Å². The molecule has 1 saturated heterocycles. The number of hydrogen-bond donors (Lipinski definition) is 1. The van der Waals surface area contributed by atoms with Crippen LogP contribution in [0.25, 0.3) is 0 Å². The van der Waals surface area contributed by atoms with Crippen LogP contribution < -0.4 is 5.73 Å². The first-order valence-corrected chi connectivity index (χ1v) is 7.95. The first-order valence-electron chi connectivity index (χ1n) is 6.60. The molecule has 0 aromatic rings. The lowest BCUT2D eigenvalue weighted by atomic mass is 9.61. The zero-order valence-electron chi connectivity index (χ0n) is 11.3. The maximum absolute atomic E-state index is 12.7. The van der Waals surface area contributed by atoms with Crippen molar-refractivity contribution in [2.24, 2.45) is 17.1 Å². The molecule has 2 N–H and O–H groups in total. The van der Waals surface area contributed by atoms with Gasteiger partial charge in [-0.25, -0.2) is 0 Å². The maximum Gasteiger partial charge on any atom is 0.235 e. The Morgan fingerprint density at radius 3 is 2.17 bits per heavy atom. The summed E-state index contributed by atoms with van der Waals surface area (Å²) in [7, 11) is 0. The Morgan fingerprint density at radius 2 is 1.78 bits per heavy atom. The van der Waals surface area contributed by atoms with Crippen molar-refractivity contribution >= 4 is 34.9 Å². The van der Waals surface area contributed by atoms with Crippen molar-refractivity contribution in [3.05, 3.63) is 0 Å². The van der Waals surface area contributed by atoms with Crippen LogP contribution in [0.2, 0.25) is 0 Å². The Morgan fingerprint density at radius 1 is 1.28 bits per heavy atom. The standard InChI is InChI=1S/C13H22N2OS2/c1-8-4-13(5-8,11(14)17)12(16)15-6-9(2)18-10(3)7-15/h8-10H,4-7H2,1-3H3,(H2,14,17). The molecule has 2 fully saturated rings. The second kappa shape index (κ2) is 5.00. The molecule has 2 atom stereocenters. The third-order valence-corrected chi connectivity index (χ3v) is 5.60. The predicted molar refractivity (Wildman–Crippen MR) is 80.7 cm³/mol. The van der Waals surface area contributed by atoms with Crippen molar-refractivity contribution in [1.82, 2.24) is 4.90 Å². The van der Waals surface area contributed by atoms with Crippen molar-refractivity contribution in [2.45, 2.75) is 44.1 Å². The molecule has 102 valence electrons. The zero-order valence-corrected chi connectivity index (χ0v) is 12.9. The lowest BCUT2D eigenvalue weighted by Gasteiger charge is -2.48. The topological polar surface area (TPSA) is 46.3 Å². The van der Waals surface area contributed by atoms with E-state index in [9.17, 15) is 4.79 Å². The highest BCUT2D eigenvalue weighted by molar-refractivity contribution is 8.00. The van der Waals surface area contributed by atoms with E-state index < -0.39 is 5.41 Å². The molecule has 0 aromatic carbocycles. The highest BCUT2D eigenvalue weighted by Crippen LogP contribution is 2.47. The molecule has 5 heteroatoms.